The van der Waals surface area contributed by atoms with E-state index in [-0.39, 0.29) is 12.0 Å². The second-order valence-electron chi connectivity index (χ2n) is 7.99. The highest BCUT2D eigenvalue weighted by Gasteiger charge is 2.37. The largest absolute Gasteiger partial charge is 0.380 e. The third kappa shape index (κ3) is 3.86. The summed E-state index contributed by atoms with van der Waals surface area (Å²) in [5, 5.41) is 9.84. The summed E-state index contributed by atoms with van der Waals surface area (Å²) < 4.78 is 5.44. The lowest BCUT2D eigenvalue weighted by atomic mass is 9.74. The number of rotatable bonds is 4. The number of amides is 1. The van der Waals surface area contributed by atoms with Crippen LogP contribution in [-0.4, -0.2) is 50.2 Å². The van der Waals surface area contributed by atoms with E-state index in [1.54, 1.807) is 7.11 Å². The number of piperidine rings is 1. The zero-order valence-electron chi connectivity index (χ0n) is 16.9. The molecule has 0 saturated carbocycles. The number of carbonyl (C=O) groups is 1. The lowest BCUT2D eigenvalue weighted by Gasteiger charge is -2.37. The quantitative estimate of drug-likeness (QED) is 0.802. The SMILES string of the molecule is CO[C@@H]1CCN(c2ccc(C(=O)N3CCC(C#N)(c4ccccc4)CC3)cc2)C1. The summed E-state index contributed by atoms with van der Waals surface area (Å²) >= 11 is 0. The van der Waals surface area contributed by atoms with Crippen LogP contribution in [0, 0.1) is 11.3 Å². The second-order valence-corrected chi connectivity index (χ2v) is 7.99. The first-order chi connectivity index (χ1) is 14.1. The summed E-state index contributed by atoms with van der Waals surface area (Å²) in [6.07, 6.45) is 2.66. The third-order valence-corrected chi connectivity index (χ3v) is 6.40. The molecule has 5 nitrogen and oxygen atoms in total. The number of carbonyl (C=O) groups excluding carboxylic acids is 1. The minimum Gasteiger partial charge on any atom is -0.380 e. The average Bonchev–Trinajstić information content (AvgIpc) is 3.29. The molecular weight excluding hydrogens is 362 g/mol. The minimum atomic E-state index is -0.491. The van der Waals surface area contributed by atoms with Crippen LogP contribution in [0.4, 0.5) is 5.69 Å². The number of likely N-dealkylation sites (tertiary alicyclic amines) is 1. The Labute approximate surface area is 172 Å². The van der Waals surface area contributed by atoms with Crippen molar-refractivity contribution in [3.8, 4) is 6.07 Å². The van der Waals surface area contributed by atoms with E-state index in [1.165, 1.54) is 0 Å². The molecule has 0 aliphatic carbocycles. The molecule has 1 atom stereocenters. The van der Waals surface area contributed by atoms with Gasteiger partial charge in [0.25, 0.3) is 5.91 Å². The van der Waals surface area contributed by atoms with Gasteiger partial charge in [-0.1, -0.05) is 30.3 Å². The van der Waals surface area contributed by atoms with Crippen LogP contribution < -0.4 is 4.90 Å². The molecular formula is C24H27N3O2. The van der Waals surface area contributed by atoms with E-state index >= 15 is 0 Å². The Kier molecular flexibility index (Phi) is 5.55. The second kappa shape index (κ2) is 8.26. The number of anilines is 1. The molecule has 150 valence electrons. The minimum absolute atomic E-state index is 0.0485. The highest BCUT2D eigenvalue weighted by Crippen LogP contribution is 2.35. The molecule has 2 saturated heterocycles. The summed E-state index contributed by atoms with van der Waals surface area (Å²) in [6, 6.07) is 20.4. The summed E-state index contributed by atoms with van der Waals surface area (Å²) in [5.41, 5.74) is 2.40. The summed E-state index contributed by atoms with van der Waals surface area (Å²) in [5.74, 6) is 0.0485. The van der Waals surface area contributed by atoms with Crippen LogP contribution in [0.1, 0.15) is 35.2 Å². The van der Waals surface area contributed by atoms with Crippen molar-refractivity contribution in [1.29, 1.82) is 5.26 Å². The molecule has 4 rings (SSSR count). The van der Waals surface area contributed by atoms with E-state index in [0.29, 0.717) is 31.5 Å². The molecule has 2 aliphatic rings. The molecule has 2 aliphatic heterocycles. The van der Waals surface area contributed by atoms with Gasteiger partial charge in [-0.3, -0.25) is 4.79 Å². The lowest BCUT2D eigenvalue weighted by molar-refractivity contribution is 0.0692. The van der Waals surface area contributed by atoms with Gasteiger partial charge in [0.2, 0.25) is 0 Å². The Balaban J connectivity index is 1.40. The van der Waals surface area contributed by atoms with Crippen LogP contribution in [0.3, 0.4) is 0 Å². The maximum absolute atomic E-state index is 13.0. The highest BCUT2D eigenvalue weighted by atomic mass is 16.5. The van der Waals surface area contributed by atoms with Crippen molar-refractivity contribution in [2.75, 3.05) is 38.2 Å². The normalized spacial score (nSPS) is 21.0. The number of benzene rings is 2. The van der Waals surface area contributed by atoms with E-state index in [1.807, 2.05) is 59.5 Å². The first-order valence-electron chi connectivity index (χ1n) is 10.3. The fourth-order valence-electron chi connectivity index (χ4n) is 4.47. The number of ether oxygens (including phenoxy) is 1. The first-order valence-corrected chi connectivity index (χ1v) is 10.3. The molecule has 2 aromatic rings. The molecule has 0 unspecified atom stereocenters. The topological polar surface area (TPSA) is 56.6 Å². The Morgan fingerprint density at radius 3 is 2.34 bits per heavy atom. The van der Waals surface area contributed by atoms with E-state index in [2.05, 4.69) is 11.0 Å². The zero-order chi connectivity index (χ0) is 20.3. The van der Waals surface area contributed by atoms with Crippen LogP contribution >= 0.6 is 0 Å². The van der Waals surface area contributed by atoms with Gasteiger partial charge in [-0.2, -0.15) is 5.26 Å². The molecule has 0 bridgehead atoms. The third-order valence-electron chi connectivity index (χ3n) is 6.40. The van der Waals surface area contributed by atoms with Crippen molar-refractivity contribution in [3.63, 3.8) is 0 Å². The highest BCUT2D eigenvalue weighted by molar-refractivity contribution is 5.94. The predicted octanol–water partition coefficient (Wildman–Crippen LogP) is 3.61. The van der Waals surface area contributed by atoms with E-state index in [0.717, 1.165) is 30.8 Å². The van der Waals surface area contributed by atoms with Crippen molar-refractivity contribution in [3.05, 3.63) is 65.7 Å². The Morgan fingerprint density at radius 1 is 1.07 bits per heavy atom. The molecule has 0 aromatic heterocycles. The van der Waals surface area contributed by atoms with Crippen LogP contribution in [0.5, 0.6) is 0 Å². The fourth-order valence-corrected chi connectivity index (χ4v) is 4.47. The van der Waals surface area contributed by atoms with Crippen LogP contribution in [0.2, 0.25) is 0 Å². The van der Waals surface area contributed by atoms with Crippen molar-refractivity contribution in [2.24, 2.45) is 0 Å². The van der Waals surface area contributed by atoms with Gasteiger partial charge in [0.05, 0.1) is 17.6 Å². The van der Waals surface area contributed by atoms with Gasteiger partial charge in [-0.05, 0) is 49.1 Å². The van der Waals surface area contributed by atoms with Gasteiger partial charge >= 0.3 is 0 Å². The molecule has 1 amide bonds. The standard InChI is InChI=1S/C24H27N3O2/c1-29-22-11-14-27(17-22)21-9-7-19(8-10-21)23(28)26-15-12-24(18-25,13-16-26)20-5-3-2-4-6-20/h2-10,22H,11-17H2,1H3/t22-/m1/s1. The number of methoxy groups -OCH3 is 1. The van der Waals surface area contributed by atoms with Crippen molar-refractivity contribution in [2.45, 2.75) is 30.8 Å². The van der Waals surface area contributed by atoms with Gasteiger partial charge in [0, 0.05) is 44.5 Å². The van der Waals surface area contributed by atoms with Crippen LogP contribution in [0.25, 0.3) is 0 Å². The molecule has 5 heteroatoms. The van der Waals surface area contributed by atoms with Crippen molar-refractivity contribution >= 4 is 11.6 Å². The van der Waals surface area contributed by atoms with Gasteiger partial charge in [-0.25, -0.2) is 0 Å². The van der Waals surface area contributed by atoms with E-state index in [9.17, 15) is 10.1 Å². The first kappa shape index (κ1) is 19.5. The Morgan fingerprint density at radius 2 is 1.76 bits per heavy atom. The van der Waals surface area contributed by atoms with Gasteiger partial charge in [0.1, 0.15) is 0 Å². The van der Waals surface area contributed by atoms with Gasteiger partial charge in [-0.15, -0.1) is 0 Å². The smallest absolute Gasteiger partial charge is 0.253 e. The van der Waals surface area contributed by atoms with Gasteiger partial charge < -0.3 is 14.5 Å². The zero-order valence-corrected chi connectivity index (χ0v) is 16.9. The number of nitriles is 1. The van der Waals surface area contributed by atoms with Crippen LogP contribution in [0.15, 0.2) is 54.6 Å². The molecule has 2 aromatic carbocycles. The Bertz CT molecular complexity index is 881. The Hall–Kier alpha value is -2.84. The molecule has 2 fully saturated rings. The number of hydrogen-bond acceptors (Lipinski definition) is 4. The molecule has 29 heavy (non-hydrogen) atoms. The summed E-state index contributed by atoms with van der Waals surface area (Å²) in [4.78, 5) is 17.2. The van der Waals surface area contributed by atoms with Gasteiger partial charge in [0.15, 0.2) is 0 Å². The molecule has 0 N–H and O–H groups in total. The fraction of sp³-hybridized carbons (Fsp3) is 0.417. The molecule has 0 spiro atoms. The predicted molar refractivity (Wildman–Crippen MR) is 113 cm³/mol. The van der Waals surface area contributed by atoms with E-state index in [4.69, 9.17) is 4.74 Å². The number of hydrogen-bond donors (Lipinski definition) is 0. The summed E-state index contributed by atoms with van der Waals surface area (Å²) in [6.45, 7) is 3.08. The van der Waals surface area contributed by atoms with E-state index < -0.39 is 5.41 Å². The maximum atomic E-state index is 13.0. The molecule has 0 radical (unpaired) electrons. The van der Waals surface area contributed by atoms with Crippen molar-refractivity contribution in [1.82, 2.24) is 4.90 Å². The lowest BCUT2D eigenvalue weighted by Crippen LogP contribution is -2.44. The maximum Gasteiger partial charge on any atom is 0.253 e. The summed E-state index contributed by atoms with van der Waals surface area (Å²) in [7, 11) is 1.76. The van der Waals surface area contributed by atoms with Crippen molar-refractivity contribution < 1.29 is 9.53 Å². The number of nitrogens with zero attached hydrogens (tertiary/aromatic N) is 3. The average molecular weight is 389 g/mol. The monoisotopic (exact) mass is 389 g/mol. The molecule has 2 heterocycles. The van der Waals surface area contributed by atoms with Crippen LogP contribution in [-0.2, 0) is 10.2 Å².